The summed E-state index contributed by atoms with van der Waals surface area (Å²) in [5, 5.41) is 10.3. The lowest BCUT2D eigenvalue weighted by Crippen LogP contribution is -1.94. The van der Waals surface area contributed by atoms with Crippen LogP contribution in [0.2, 0.25) is 0 Å². The van der Waals surface area contributed by atoms with Gasteiger partial charge < -0.3 is 4.57 Å². The minimum absolute atomic E-state index is 1.17. The predicted molar refractivity (Wildman–Crippen MR) is 199 cm³/mol. The zero-order chi connectivity index (χ0) is 30.9. The van der Waals surface area contributed by atoms with E-state index in [0.29, 0.717) is 0 Å². The molecule has 2 aromatic heterocycles. The van der Waals surface area contributed by atoms with Crippen LogP contribution in [-0.2, 0) is 0 Å². The van der Waals surface area contributed by atoms with Gasteiger partial charge in [0.25, 0.3) is 0 Å². The number of nitrogens with zero attached hydrogens (tertiary/aromatic N) is 2. The molecular weight excluding hydrogens is 569 g/mol. The molecule has 0 N–H and O–H groups in total. The normalized spacial score (nSPS) is 11.8. The van der Waals surface area contributed by atoms with E-state index in [2.05, 4.69) is 167 Å². The summed E-state index contributed by atoms with van der Waals surface area (Å²) in [7, 11) is 0. The summed E-state index contributed by atoms with van der Waals surface area (Å²) in [6, 6.07) is 57.8. The lowest BCUT2D eigenvalue weighted by atomic mass is 9.87. The van der Waals surface area contributed by atoms with Crippen LogP contribution in [0.25, 0.3) is 93.2 Å². The molecule has 47 heavy (non-hydrogen) atoms. The highest BCUT2D eigenvalue weighted by Gasteiger charge is 2.16. The zero-order valence-electron chi connectivity index (χ0n) is 25.6. The van der Waals surface area contributed by atoms with Crippen LogP contribution >= 0.6 is 0 Å². The van der Waals surface area contributed by atoms with Crippen LogP contribution in [0.15, 0.2) is 170 Å². The van der Waals surface area contributed by atoms with Gasteiger partial charge in [0.05, 0.1) is 11.0 Å². The first-order valence-corrected chi connectivity index (χ1v) is 16.1. The second kappa shape index (κ2) is 10.1. The highest BCUT2D eigenvalue weighted by molar-refractivity contribution is 6.27. The van der Waals surface area contributed by atoms with Crippen molar-refractivity contribution in [1.29, 1.82) is 0 Å². The molecule has 0 radical (unpaired) electrons. The van der Waals surface area contributed by atoms with E-state index >= 15 is 0 Å². The first-order valence-electron chi connectivity index (χ1n) is 16.1. The van der Waals surface area contributed by atoms with Crippen LogP contribution in [0.3, 0.4) is 0 Å². The van der Waals surface area contributed by atoms with E-state index in [0.717, 1.165) is 0 Å². The van der Waals surface area contributed by atoms with Crippen LogP contribution in [0, 0.1) is 0 Å². The highest BCUT2D eigenvalue weighted by Crippen LogP contribution is 2.43. The monoisotopic (exact) mass is 596 g/mol. The number of hydrogen-bond donors (Lipinski definition) is 0. The van der Waals surface area contributed by atoms with Gasteiger partial charge in [-0.15, -0.1) is 0 Å². The average molecular weight is 597 g/mol. The summed E-state index contributed by atoms with van der Waals surface area (Å²) in [6.07, 6.45) is 3.69. The van der Waals surface area contributed by atoms with Crippen LogP contribution in [0.4, 0.5) is 0 Å². The Bertz CT molecular complexity index is 2720. The molecule has 0 unspecified atom stereocenters. The quantitative estimate of drug-likeness (QED) is 0.185. The number of pyridine rings is 1. The van der Waals surface area contributed by atoms with Crippen molar-refractivity contribution in [3.63, 3.8) is 0 Å². The van der Waals surface area contributed by atoms with Gasteiger partial charge in [-0.25, -0.2) is 0 Å². The number of para-hydroxylation sites is 2. The molecule has 0 fully saturated rings. The van der Waals surface area contributed by atoms with Gasteiger partial charge in [-0.2, -0.15) is 0 Å². The summed E-state index contributed by atoms with van der Waals surface area (Å²) in [5.74, 6) is 0. The zero-order valence-corrected chi connectivity index (χ0v) is 25.6. The smallest absolute Gasteiger partial charge is 0.0541 e. The molecule has 0 aliphatic carbocycles. The van der Waals surface area contributed by atoms with E-state index in [1.165, 1.54) is 93.2 Å². The Morgan fingerprint density at radius 1 is 0.362 bits per heavy atom. The van der Waals surface area contributed by atoms with Gasteiger partial charge in [0.15, 0.2) is 0 Å². The first kappa shape index (κ1) is 26.0. The number of benzene rings is 8. The van der Waals surface area contributed by atoms with E-state index in [1.807, 2.05) is 12.4 Å². The average Bonchev–Trinajstić information content (AvgIpc) is 3.49. The molecule has 0 saturated carbocycles. The van der Waals surface area contributed by atoms with Gasteiger partial charge in [-0.05, 0) is 102 Å². The summed E-state index contributed by atoms with van der Waals surface area (Å²) >= 11 is 0. The topological polar surface area (TPSA) is 17.8 Å². The van der Waals surface area contributed by atoms with Crippen molar-refractivity contribution < 1.29 is 0 Å². The van der Waals surface area contributed by atoms with Gasteiger partial charge in [-0.3, -0.25) is 4.98 Å². The van der Waals surface area contributed by atoms with E-state index < -0.39 is 0 Å². The van der Waals surface area contributed by atoms with Crippen molar-refractivity contribution in [2.45, 2.75) is 0 Å². The number of aromatic nitrogens is 2. The van der Waals surface area contributed by atoms with Gasteiger partial charge in [0.1, 0.15) is 0 Å². The molecule has 8 aromatic carbocycles. The molecule has 0 aliphatic heterocycles. The molecule has 2 heterocycles. The molecule has 2 nitrogen and oxygen atoms in total. The van der Waals surface area contributed by atoms with Gasteiger partial charge in [0, 0.05) is 28.9 Å². The Morgan fingerprint density at radius 3 is 1.53 bits per heavy atom. The van der Waals surface area contributed by atoms with Crippen molar-refractivity contribution in [3.05, 3.63) is 170 Å². The number of fused-ring (bicyclic) bond motifs is 3. The molecule has 0 spiro atoms. The van der Waals surface area contributed by atoms with Crippen LogP contribution in [-0.4, -0.2) is 9.55 Å². The van der Waals surface area contributed by atoms with E-state index in [4.69, 9.17) is 0 Å². The lowest BCUT2D eigenvalue weighted by Gasteiger charge is -2.17. The van der Waals surface area contributed by atoms with Crippen molar-refractivity contribution >= 4 is 54.1 Å². The maximum atomic E-state index is 4.17. The standard InChI is InChI=1S/C45H28N2/c1-3-10-42-38(8-1)39-9-2-4-11-43(39)47(42)35-7-5-6-34(28-35)37-21-17-33-18-22-40-36(20-16-32-19-23-41(37)45(33)44(32)40)31-14-12-29(13-15-31)30-24-26-46-27-25-30/h1-28H. The molecule has 0 saturated heterocycles. The Balaban J connectivity index is 1.15. The fourth-order valence-corrected chi connectivity index (χ4v) is 7.70. The van der Waals surface area contributed by atoms with Crippen molar-refractivity contribution in [2.24, 2.45) is 0 Å². The van der Waals surface area contributed by atoms with E-state index in [9.17, 15) is 0 Å². The number of rotatable bonds is 4. The van der Waals surface area contributed by atoms with Crippen LogP contribution in [0.5, 0.6) is 0 Å². The summed E-state index contributed by atoms with van der Waals surface area (Å²) < 4.78 is 2.40. The minimum atomic E-state index is 1.17. The molecule has 0 amide bonds. The third kappa shape index (κ3) is 3.95. The van der Waals surface area contributed by atoms with E-state index in [1.54, 1.807) is 0 Å². The molecule has 10 aromatic rings. The maximum Gasteiger partial charge on any atom is 0.0541 e. The van der Waals surface area contributed by atoms with Gasteiger partial charge in [0.2, 0.25) is 0 Å². The summed E-state index contributed by atoms with van der Waals surface area (Å²) in [4.78, 5) is 4.17. The summed E-state index contributed by atoms with van der Waals surface area (Å²) in [5.41, 5.74) is 10.9. The van der Waals surface area contributed by atoms with Crippen molar-refractivity contribution in [2.75, 3.05) is 0 Å². The van der Waals surface area contributed by atoms with Crippen LogP contribution < -0.4 is 0 Å². The summed E-state index contributed by atoms with van der Waals surface area (Å²) in [6.45, 7) is 0. The Morgan fingerprint density at radius 2 is 0.894 bits per heavy atom. The highest BCUT2D eigenvalue weighted by atomic mass is 15.0. The molecular formula is C45H28N2. The minimum Gasteiger partial charge on any atom is -0.309 e. The maximum absolute atomic E-state index is 4.17. The van der Waals surface area contributed by atoms with E-state index in [-0.39, 0.29) is 0 Å². The fourth-order valence-electron chi connectivity index (χ4n) is 7.70. The second-order valence-corrected chi connectivity index (χ2v) is 12.4. The molecule has 2 heteroatoms. The third-order valence-corrected chi connectivity index (χ3v) is 9.87. The third-order valence-electron chi connectivity index (χ3n) is 9.87. The van der Waals surface area contributed by atoms with Gasteiger partial charge in [-0.1, -0.05) is 121 Å². The molecule has 0 bridgehead atoms. The first-order chi connectivity index (χ1) is 23.3. The Labute approximate surface area is 272 Å². The SMILES string of the molecule is c1cc(-c2ccc3ccc4c(-c5ccc(-c6ccncc6)cc5)ccc5ccc2c3c54)cc(-n2c3ccccc3c3ccccc32)c1. The second-order valence-electron chi connectivity index (χ2n) is 12.4. The van der Waals surface area contributed by atoms with Gasteiger partial charge >= 0.3 is 0 Å². The van der Waals surface area contributed by atoms with Crippen LogP contribution in [0.1, 0.15) is 0 Å². The lowest BCUT2D eigenvalue weighted by molar-refractivity contribution is 1.18. The van der Waals surface area contributed by atoms with Crippen molar-refractivity contribution in [3.8, 4) is 39.1 Å². The predicted octanol–water partition coefficient (Wildman–Crippen LogP) is 12.1. The molecule has 0 atom stereocenters. The molecule has 0 aliphatic rings. The Kier molecular flexibility index (Phi) is 5.61. The number of hydrogen-bond acceptors (Lipinski definition) is 1. The fraction of sp³-hybridized carbons (Fsp3) is 0. The van der Waals surface area contributed by atoms with Crippen molar-refractivity contribution in [1.82, 2.24) is 9.55 Å². The largest absolute Gasteiger partial charge is 0.309 e. The molecule has 218 valence electrons. The Hall–Kier alpha value is -6.25. The molecule has 10 rings (SSSR count).